The quantitative estimate of drug-likeness (QED) is 0.761. The van der Waals surface area contributed by atoms with Crippen LogP contribution in [0.2, 0.25) is 0 Å². The molecule has 3 rings (SSSR count). The van der Waals surface area contributed by atoms with E-state index in [4.69, 9.17) is 4.74 Å². The van der Waals surface area contributed by atoms with E-state index in [9.17, 15) is 4.79 Å². The third kappa shape index (κ3) is 1.78. The first-order valence-electron chi connectivity index (χ1n) is 5.87. The Morgan fingerprint density at radius 3 is 2.76 bits per heavy atom. The molecule has 0 aliphatic carbocycles. The molecule has 0 unspecified atom stereocenters. The highest BCUT2D eigenvalue weighted by Gasteiger charge is 2.27. The zero-order valence-corrected chi connectivity index (χ0v) is 10.1. The Labute approximate surface area is 101 Å². The van der Waals surface area contributed by atoms with Gasteiger partial charge < -0.3 is 9.64 Å². The van der Waals surface area contributed by atoms with Crippen LogP contribution in [0, 0.1) is 0 Å². The highest BCUT2D eigenvalue weighted by Crippen LogP contribution is 2.27. The van der Waals surface area contributed by atoms with Crippen molar-refractivity contribution in [2.45, 2.75) is 12.6 Å². The molecule has 0 bridgehead atoms. The molecule has 0 spiro atoms. The minimum atomic E-state index is 0.0937. The average Bonchev–Trinajstić information content (AvgIpc) is 2.54. The van der Waals surface area contributed by atoms with Crippen molar-refractivity contribution in [1.29, 1.82) is 0 Å². The van der Waals surface area contributed by atoms with E-state index >= 15 is 0 Å². The van der Waals surface area contributed by atoms with Crippen molar-refractivity contribution in [2.75, 3.05) is 27.2 Å². The fraction of sp³-hybridized carbons (Fsp3) is 0.462. The van der Waals surface area contributed by atoms with Crippen LogP contribution in [0.5, 0.6) is 5.75 Å². The van der Waals surface area contributed by atoms with Crippen molar-refractivity contribution in [1.82, 2.24) is 9.80 Å². The predicted octanol–water partition coefficient (Wildman–Crippen LogP) is 0.965. The van der Waals surface area contributed by atoms with Gasteiger partial charge in [0.05, 0.1) is 0 Å². The average molecular weight is 232 g/mol. The predicted molar refractivity (Wildman–Crippen MR) is 64.2 cm³/mol. The molecule has 0 saturated carbocycles. The molecular weight excluding hydrogens is 216 g/mol. The fourth-order valence-electron chi connectivity index (χ4n) is 2.41. The molecule has 1 fully saturated rings. The van der Waals surface area contributed by atoms with Gasteiger partial charge in [-0.25, -0.2) is 0 Å². The van der Waals surface area contributed by atoms with Gasteiger partial charge in [-0.1, -0.05) is 6.07 Å². The first kappa shape index (κ1) is 10.6. The Morgan fingerprint density at radius 2 is 2.06 bits per heavy atom. The zero-order chi connectivity index (χ0) is 12.0. The van der Waals surface area contributed by atoms with Crippen LogP contribution in [0.3, 0.4) is 0 Å². The van der Waals surface area contributed by atoms with E-state index in [0.717, 1.165) is 30.0 Å². The normalized spacial score (nSPS) is 20.4. The number of benzene rings is 1. The van der Waals surface area contributed by atoms with E-state index < -0.39 is 0 Å². The van der Waals surface area contributed by atoms with Crippen molar-refractivity contribution in [3.63, 3.8) is 0 Å². The molecule has 1 amide bonds. The Kier molecular flexibility index (Phi) is 2.33. The highest BCUT2D eigenvalue weighted by molar-refractivity contribution is 5.98. The number of likely N-dealkylation sites (tertiary alicyclic amines) is 1. The topological polar surface area (TPSA) is 32.8 Å². The number of nitrogens with zero attached hydrogens (tertiary/aromatic N) is 2. The highest BCUT2D eigenvalue weighted by atomic mass is 16.5. The maximum atomic E-state index is 11.8. The second-order valence-electron chi connectivity index (χ2n) is 4.94. The van der Waals surface area contributed by atoms with Gasteiger partial charge >= 0.3 is 0 Å². The molecule has 1 saturated heterocycles. The van der Waals surface area contributed by atoms with Gasteiger partial charge in [0.1, 0.15) is 11.9 Å². The molecule has 4 heteroatoms. The van der Waals surface area contributed by atoms with Gasteiger partial charge in [-0.15, -0.1) is 0 Å². The molecule has 0 N–H and O–H groups in total. The minimum absolute atomic E-state index is 0.0937. The number of ether oxygens (including phenoxy) is 1. The van der Waals surface area contributed by atoms with E-state index in [2.05, 4.69) is 11.9 Å². The Hall–Kier alpha value is -1.55. The van der Waals surface area contributed by atoms with E-state index in [1.54, 1.807) is 4.90 Å². The fourth-order valence-corrected chi connectivity index (χ4v) is 2.41. The van der Waals surface area contributed by atoms with Crippen LogP contribution in [-0.2, 0) is 6.54 Å². The monoisotopic (exact) mass is 232 g/mol. The molecule has 1 aromatic carbocycles. The van der Waals surface area contributed by atoms with E-state index in [1.165, 1.54) is 0 Å². The summed E-state index contributed by atoms with van der Waals surface area (Å²) in [5.41, 5.74) is 1.88. The minimum Gasteiger partial charge on any atom is -0.488 e. The molecule has 0 radical (unpaired) electrons. The summed E-state index contributed by atoms with van der Waals surface area (Å²) in [5, 5.41) is 0. The van der Waals surface area contributed by atoms with Gasteiger partial charge in [0.25, 0.3) is 5.91 Å². The van der Waals surface area contributed by atoms with Crippen LogP contribution in [-0.4, -0.2) is 49.0 Å². The maximum Gasteiger partial charge on any atom is 0.254 e. The van der Waals surface area contributed by atoms with Crippen LogP contribution in [0.4, 0.5) is 0 Å². The summed E-state index contributed by atoms with van der Waals surface area (Å²) in [6.07, 6.45) is 0.271. The third-order valence-electron chi connectivity index (χ3n) is 3.40. The molecule has 17 heavy (non-hydrogen) atoms. The first-order valence-corrected chi connectivity index (χ1v) is 5.87. The second kappa shape index (κ2) is 3.74. The third-order valence-corrected chi connectivity index (χ3v) is 3.40. The van der Waals surface area contributed by atoms with Gasteiger partial charge in [0, 0.05) is 32.2 Å². The smallest absolute Gasteiger partial charge is 0.254 e. The summed E-state index contributed by atoms with van der Waals surface area (Å²) >= 11 is 0. The lowest BCUT2D eigenvalue weighted by Gasteiger charge is -2.36. The van der Waals surface area contributed by atoms with Crippen LogP contribution < -0.4 is 4.74 Å². The number of hydrogen-bond acceptors (Lipinski definition) is 3. The van der Waals surface area contributed by atoms with Crippen LogP contribution in [0.1, 0.15) is 15.9 Å². The Balaban J connectivity index is 1.78. The summed E-state index contributed by atoms with van der Waals surface area (Å²) in [4.78, 5) is 15.8. The van der Waals surface area contributed by atoms with Crippen LogP contribution >= 0.6 is 0 Å². The molecule has 4 nitrogen and oxygen atoms in total. The molecular formula is C13H16N2O2. The van der Waals surface area contributed by atoms with Crippen molar-refractivity contribution in [3.05, 3.63) is 29.3 Å². The second-order valence-corrected chi connectivity index (χ2v) is 4.94. The van der Waals surface area contributed by atoms with Crippen molar-refractivity contribution in [3.8, 4) is 5.75 Å². The van der Waals surface area contributed by atoms with Crippen molar-refractivity contribution in [2.24, 2.45) is 0 Å². The number of amides is 1. The number of likely N-dealkylation sites (N-methyl/N-ethyl adjacent to an activating group) is 1. The van der Waals surface area contributed by atoms with Crippen LogP contribution in [0.25, 0.3) is 0 Å². The lowest BCUT2D eigenvalue weighted by molar-refractivity contribution is 0.0387. The van der Waals surface area contributed by atoms with Gasteiger partial charge in [-0.3, -0.25) is 9.69 Å². The zero-order valence-electron chi connectivity index (χ0n) is 10.1. The van der Waals surface area contributed by atoms with Crippen molar-refractivity contribution < 1.29 is 9.53 Å². The summed E-state index contributed by atoms with van der Waals surface area (Å²) < 4.78 is 5.82. The van der Waals surface area contributed by atoms with E-state index in [-0.39, 0.29) is 12.0 Å². The summed E-state index contributed by atoms with van der Waals surface area (Å²) in [7, 11) is 3.89. The molecule has 2 aliphatic heterocycles. The first-order chi connectivity index (χ1) is 8.13. The Morgan fingerprint density at radius 1 is 1.29 bits per heavy atom. The van der Waals surface area contributed by atoms with E-state index in [1.807, 2.05) is 25.2 Å². The number of carbonyl (C=O) groups excluding carboxylic acids is 1. The summed E-state index contributed by atoms with van der Waals surface area (Å²) in [6, 6.07) is 5.83. The summed E-state index contributed by atoms with van der Waals surface area (Å²) in [6.45, 7) is 2.64. The summed E-state index contributed by atoms with van der Waals surface area (Å²) in [5.74, 6) is 0.904. The number of carbonyl (C=O) groups is 1. The molecule has 2 heterocycles. The number of hydrogen-bond donors (Lipinski definition) is 0. The lowest BCUT2D eigenvalue weighted by atomic mass is 10.1. The molecule has 2 aliphatic rings. The largest absolute Gasteiger partial charge is 0.488 e. The Bertz CT molecular complexity index is 466. The lowest BCUT2D eigenvalue weighted by Crippen LogP contribution is -2.51. The van der Waals surface area contributed by atoms with Crippen molar-refractivity contribution >= 4 is 5.91 Å². The van der Waals surface area contributed by atoms with Gasteiger partial charge in [0.15, 0.2) is 0 Å². The molecule has 0 aromatic heterocycles. The van der Waals surface area contributed by atoms with Gasteiger partial charge in [-0.2, -0.15) is 0 Å². The molecule has 1 aromatic rings. The SMILES string of the molecule is CN1CC(Oc2ccc3c(c2)C(=O)N(C)C3)C1. The van der Waals surface area contributed by atoms with E-state index in [0.29, 0.717) is 6.54 Å². The van der Waals surface area contributed by atoms with Gasteiger partial charge in [0.2, 0.25) is 0 Å². The number of fused-ring (bicyclic) bond motifs is 1. The standard InChI is InChI=1S/C13H16N2O2/c1-14-7-11(8-14)17-10-4-3-9-6-15(2)13(16)12(9)5-10/h3-5,11H,6-8H2,1-2H3. The molecule has 0 atom stereocenters. The van der Waals surface area contributed by atoms with Crippen LogP contribution in [0.15, 0.2) is 18.2 Å². The van der Waals surface area contributed by atoms with Gasteiger partial charge in [-0.05, 0) is 24.7 Å². The molecule has 90 valence electrons. The maximum absolute atomic E-state index is 11.8. The number of rotatable bonds is 2.